The maximum absolute atomic E-state index is 6.34. The second kappa shape index (κ2) is 5.95. The van der Waals surface area contributed by atoms with Crippen LogP contribution in [0.4, 0.5) is 5.82 Å². The second-order valence-corrected chi connectivity index (χ2v) is 7.33. The van der Waals surface area contributed by atoms with Crippen LogP contribution < -0.4 is 4.90 Å². The van der Waals surface area contributed by atoms with E-state index >= 15 is 0 Å². The summed E-state index contributed by atoms with van der Waals surface area (Å²) in [5, 5.41) is 1.67. The van der Waals surface area contributed by atoms with Crippen molar-refractivity contribution in [2.24, 2.45) is 5.41 Å². The van der Waals surface area contributed by atoms with E-state index in [0.29, 0.717) is 10.4 Å². The first-order valence-electron chi connectivity index (χ1n) is 8.45. The lowest BCUT2D eigenvalue weighted by Crippen LogP contribution is -2.41. The van der Waals surface area contributed by atoms with E-state index in [1.165, 1.54) is 32.4 Å². The van der Waals surface area contributed by atoms with Gasteiger partial charge in [0.25, 0.3) is 0 Å². The first kappa shape index (κ1) is 15.2. The van der Waals surface area contributed by atoms with E-state index < -0.39 is 0 Å². The van der Waals surface area contributed by atoms with Crippen molar-refractivity contribution in [1.82, 2.24) is 19.9 Å². The minimum Gasteiger partial charge on any atom is -0.355 e. The quantitative estimate of drug-likeness (QED) is 0.938. The molecule has 123 valence electrons. The molecule has 5 nitrogen and oxygen atoms in total. The van der Waals surface area contributed by atoms with Gasteiger partial charge in [0.1, 0.15) is 17.8 Å². The summed E-state index contributed by atoms with van der Waals surface area (Å²) < 4.78 is 0. The number of likely N-dealkylation sites (tertiary alicyclic amines) is 1. The van der Waals surface area contributed by atoms with Crippen LogP contribution in [-0.2, 0) is 0 Å². The van der Waals surface area contributed by atoms with Gasteiger partial charge in [-0.3, -0.25) is 0 Å². The number of aromatic nitrogens is 3. The molecule has 2 fully saturated rings. The van der Waals surface area contributed by atoms with Crippen molar-refractivity contribution in [3.8, 4) is 0 Å². The average molecular weight is 333 g/mol. The number of aromatic amines is 1. The predicted molar refractivity (Wildman–Crippen MR) is 93.8 cm³/mol. The van der Waals surface area contributed by atoms with E-state index in [4.69, 9.17) is 11.6 Å². The average Bonchev–Trinajstić information content (AvgIpc) is 3.15. The van der Waals surface area contributed by atoms with Crippen LogP contribution in [0.5, 0.6) is 0 Å². The number of nitrogens with zero attached hydrogens (tertiary/aromatic N) is 4. The zero-order valence-corrected chi connectivity index (χ0v) is 14.1. The third-order valence-corrected chi connectivity index (χ3v) is 5.83. The number of hydrogen-bond acceptors (Lipinski definition) is 4. The normalized spacial score (nSPS) is 21.6. The third-order valence-electron chi connectivity index (χ3n) is 5.53. The summed E-state index contributed by atoms with van der Waals surface area (Å²) in [6.07, 6.45) is 8.24. The van der Waals surface area contributed by atoms with E-state index in [1.807, 2.05) is 0 Å². The Balaban J connectivity index is 1.53. The Hall–Kier alpha value is -1.33. The summed E-state index contributed by atoms with van der Waals surface area (Å²) in [6.45, 7) is 9.65. The predicted octanol–water partition coefficient (Wildman–Crippen LogP) is 3.13. The molecule has 0 amide bonds. The van der Waals surface area contributed by atoms with E-state index in [0.717, 1.165) is 42.9 Å². The maximum atomic E-state index is 6.34. The van der Waals surface area contributed by atoms with Gasteiger partial charge in [-0.05, 0) is 50.7 Å². The molecule has 2 saturated heterocycles. The fourth-order valence-corrected chi connectivity index (χ4v) is 4.38. The third kappa shape index (κ3) is 2.70. The topological polar surface area (TPSA) is 48.1 Å². The van der Waals surface area contributed by atoms with Crippen LogP contribution in [0.25, 0.3) is 11.0 Å². The van der Waals surface area contributed by atoms with Crippen LogP contribution >= 0.6 is 11.6 Å². The highest BCUT2D eigenvalue weighted by Gasteiger charge is 2.41. The zero-order chi connectivity index (χ0) is 15.9. The summed E-state index contributed by atoms with van der Waals surface area (Å²) in [4.78, 5) is 16.9. The smallest absolute Gasteiger partial charge is 0.144 e. The Bertz CT molecular complexity index is 689. The molecule has 4 rings (SSSR count). The van der Waals surface area contributed by atoms with Crippen molar-refractivity contribution >= 4 is 28.5 Å². The van der Waals surface area contributed by atoms with Crippen molar-refractivity contribution in [3.63, 3.8) is 0 Å². The zero-order valence-electron chi connectivity index (χ0n) is 13.4. The minimum absolute atomic E-state index is 0.442. The molecular formula is C17H23ClN5. The molecule has 2 aromatic heterocycles. The van der Waals surface area contributed by atoms with Crippen molar-refractivity contribution in [2.75, 3.05) is 37.6 Å². The van der Waals surface area contributed by atoms with Crippen LogP contribution in [0.15, 0.2) is 12.5 Å². The summed E-state index contributed by atoms with van der Waals surface area (Å²) in [5.41, 5.74) is 1.27. The number of fused-ring (bicyclic) bond motifs is 1. The molecule has 1 N–H and O–H groups in total. The molecule has 23 heavy (non-hydrogen) atoms. The SMILES string of the molecule is [CH2]CCN1CCC2(CC1)CCN(c1ncnc3[nH]cc(Cl)c13)C2. The molecule has 0 aromatic carbocycles. The van der Waals surface area contributed by atoms with Crippen LogP contribution in [-0.4, -0.2) is 52.6 Å². The highest BCUT2D eigenvalue weighted by atomic mass is 35.5. The van der Waals surface area contributed by atoms with Crippen molar-refractivity contribution in [1.29, 1.82) is 0 Å². The van der Waals surface area contributed by atoms with E-state index in [2.05, 4.69) is 31.7 Å². The van der Waals surface area contributed by atoms with Crippen LogP contribution in [0.3, 0.4) is 0 Å². The van der Waals surface area contributed by atoms with Gasteiger partial charge >= 0.3 is 0 Å². The maximum Gasteiger partial charge on any atom is 0.144 e. The number of nitrogens with one attached hydrogen (secondary N) is 1. The van der Waals surface area contributed by atoms with Gasteiger partial charge in [0, 0.05) is 19.3 Å². The Morgan fingerprint density at radius 3 is 2.78 bits per heavy atom. The van der Waals surface area contributed by atoms with Gasteiger partial charge in [0.2, 0.25) is 0 Å². The van der Waals surface area contributed by atoms with Crippen LogP contribution in [0, 0.1) is 12.3 Å². The van der Waals surface area contributed by atoms with E-state index in [1.54, 1.807) is 12.5 Å². The van der Waals surface area contributed by atoms with Gasteiger partial charge in [-0.2, -0.15) is 0 Å². The van der Waals surface area contributed by atoms with Crippen LogP contribution in [0.1, 0.15) is 25.7 Å². The Labute approximate surface area is 142 Å². The lowest BCUT2D eigenvalue weighted by atomic mass is 9.78. The second-order valence-electron chi connectivity index (χ2n) is 6.92. The number of anilines is 1. The molecular weight excluding hydrogens is 310 g/mol. The van der Waals surface area contributed by atoms with Gasteiger partial charge < -0.3 is 14.8 Å². The molecule has 2 aliphatic heterocycles. The molecule has 1 spiro atoms. The van der Waals surface area contributed by atoms with E-state index in [9.17, 15) is 0 Å². The largest absolute Gasteiger partial charge is 0.355 e. The molecule has 2 aromatic rings. The highest BCUT2D eigenvalue weighted by Crippen LogP contribution is 2.43. The summed E-state index contributed by atoms with van der Waals surface area (Å²) in [7, 11) is 0. The molecule has 0 atom stereocenters. The molecule has 0 saturated carbocycles. The monoisotopic (exact) mass is 332 g/mol. The number of hydrogen-bond donors (Lipinski definition) is 1. The molecule has 6 heteroatoms. The number of halogens is 1. The Morgan fingerprint density at radius 2 is 2.00 bits per heavy atom. The molecule has 4 heterocycles. The Kier molecular flexibility index (Phi) is 3.93. The first-order valence-corrected chi connectivity index (χ1v) is 8.83. The standard InChI is InChI=1S/C17H23ClN5/c1-2-6-22-7-3-17(4-8-22)5-9-23(11-17)16-14-13(18)10-19-15(14)20-12-21-16/h10,12H,1-9,11H2,(H,19,20,21). The molecule has 0 unspecified atom stereocenters. The van der Waals surface area contributed by atoms with Gasteiger partial charge in [-0.1, -0.05) is 18.5 Å². The molecule has 0 bridgehead atoms. The highest BCUT2D eigenvalue weighted by molar-refractivity contribution is 6.36. The fraction of sp³-hybridized carbons (Fsp3) is 0.588. The van der Waals surface area contributed by atoms with Gasteiger partial charge in [0.15, 0.2) is 0 Å². The molecule has 2 aliphatic rings. The van der Waals surface area contributed by atoms with Crippen molar-refractivity contribution in [3.05, 3.63) is 24.5 Å². The minimum atomic E-state index is 0.442. The Morgan fingerprint density at radius 1 is 1.22 bits per heavy atom. The lowest BCUT2D eigenvalue weighted by Gasteiger charge is -2.39. The number of piperidine rings is 1. The number of rotatable bonds is 3. The first-order chi connectivity index (χ1) is 11.2. The van der Waals surface area contributed by atoms with Crippen molar-refractivity contribution < 1.29 is 0 Å². The summed E-state index contributed by atoms with van der Waals surface area (Å²) >= 11 is 6.34. The molecule has 0 aliphatic carbocycles. The van der Waals surface area contributed by atoms with E-state index in [-0.39, 0.29) is 0 Å². The van der Waals surface area contributed by atoms with Gasteiger partial charge in [0.05, 0.1) is 10.4 Å². The van der Waals surface area contributed by atoms with Crippen LogP contribution in [0.2, 0.25) is 5.02 Å². The van der Waals surface area contributed by atoms with Gasteiger partial charge in [-0.15, -0.1) is 0 Å². The summed E-state index contributed by atoms with van der Waals surface area (Å²) in [6, 6.07) is 0. The fourth-order valence-electron chi connectivity index (χ4n) is 4.15. The number of H-pyrrole nitrogens is 1. The molecule has 1 radical (unpaired) electrons. The van der Waals surface area contributed by atoms with Crippen molar-refractivity contribution in [2.45, 2.75) is 25.7 Å². The lowest BCUT2D eigenvalue weighted by molar-refractivity contribution is 0.122. The summed E-state index contributed by atoms with van der Waals surface area (Å²) in [5.74, 6) is 0.985. The van der Waals surface area contributed by atoms with Gasteiger partial charge in [-0.25, -0.2) is 9.97 Å².